The van der Waals surface area contributed by atoms with Crippen LogP contribution in [-0.4, -0.2) is 42.3 Å². The molecule has 2 aromatic rings. The van der Waals surface area contributed by atoms with Crippen molar-refractivity contribution in [1.29, 1.82) is 0 Å². The molecule has 6 rings (SSSR count). The molecule has 8 nitrogen and oxygen atoms in total. The fourth-order valence-electron chi connectivity index (χ4n) is 6.80. The van der Waals surface area contributed by atoms with Crippen LogP contribution in [0, 0.1) is 11.8 Å². The minimum atomic E-state index is -0.293. The molecule has 5 atom stereocenters. The lowest BCUT2D eigenvalue weighted by Gasteiger charge is -2.42. The average Bonchev–Trinajstić information content (AvgIpc) is 3.56. The van der Waals surface area contributed by atoms with E-state index < -0.39 is 0 Å². The van der Waals surface area contributed by atoms with Crippen molar-refractivity contribution >= 4 is 23.3 Å². The Balaban J connectivity index is 1.18. The number of rotatable bonds is 5. The Morgan fingerprint density at radius 2 is 1.89 bits per heavy atom. The van der Waals surface area contributed by atoms with Gasteiger partial charge in [-0.15, -0.1) is 0 Å². The molecular formula is C29H36N4O4. The van der Waals surface area contributed by atoms with Gasteiger partial charge in [-0.1, -0.05) is 44.4 Å². The van der Waals surface area contributed by atoms with Crippen LogP contribution < -0.4 is 25.4 Å². The van der Waals surface area contributed by atoms with Crippen molar-refractivity contribution in [3.05, 3.63) is 48.0 Å². The number of likely N-dealkylation sites (tertiary alicyclic amines) is 1. The highest BCUT2D eigenvalue weighted by atomic mass is 16.7. The van der Waals surface area contributed by atoms with E-state index in [4.69, 9.17) is 9.47 Å². The van der Waals surface area contributed by atoms with Gasteiger partial charge in [-0.2, -0.15) is 0 Å². The third-order valence-electron chi connectivity index (χ3n) is 8.49. The first-order chi connectivity index (χ1) is 18.1. The van der Waals surface area contributed by atoms with Crippen LogP contribution in [0.25, 0.3) is 0 Å². The smallest absolute Gasteiger partial charge is 0.319 e. The summed E-state index contributed by atoms with van der Waals surface area (Å²) < 4.78 is 10.8. The van der Waals surface area contributed by atoms with Crippen LogP contribution in [0.4, 0.5) is 16.2 Å². The molecule has 0 radical (unpaired) electrons. The number of anilines is 2. The van der Waals surface area contributed by atoms with E-state index in [0.29, 0.717) is 29.1 Å². The number of hydrogen-bond donors (Lipinski definition) is 3. The quantitative estimate of drug-likeness (QED) is 0.515. The maximum Gasteiger partial charge on any atom is 0.319 e. The second-order valence-electron chi connectivity index (χ2n) is 10.7. The second kappa shape index (κ2) is 10.1. The molecule has 3 N–H and O–H groups in total. The van der Waals surface area contributed by atoms with Crippen LogP contribution >= 0.6 is 0 Å². The summed E-state index contributed by atoms with van der Waals surface area (Å²) >= 11 is 0. The molecular weight excluding hydrogens is 468 g/mol. The van der Waals surface area contributed by atoms with E-state index in [0.717, 1.165) is 57.2 Å². The number of hydrogen-bond acceptors (Lipinski definition) is 5. The summed E-state index contributed by atoms with van der Waals surface area (Å²) in [5, 5.41) is 9.80. The Labute approximate surface area is 218 Å². The molecule has 196 valence electrons. The largest absolute Gasteiger partial charge is 0.454 e. The van der Waals surface area contributed by atoms with E-state index in [2.05, 4.69) is 52.0 Å². The molecule has 4 aliphatic rings. The minimum Gasteiger partial charge on any atom is -0.454 e. The summed E-state index contributed by atoms with van der Waals surface area (Å²) in [5.74, 6) is 1.70. The van der Waals surface area contributed by atoms with Crippen LogP contribution in [0.1, 0.15) is 63.5 Å². The van der Waals surface area contributed by atoms with E-state index >= 15 is 0 Å². The van der Waals surface area contributed by atoms with Gasteiger partial charge in [-0.05, 0) is 49.4 Å². The van der Waals surface area contributed by atoms with Crippen molar-refractivity contribution in [2.45, 2.75) is 70.0 Å². The topological polar surface area (TPSA) is 91.9 Å². The van der Waals surface area contributed by atoms with Crippen molar-refractivity contribution in [3.8, 4) is 11.5 Å². The molecule has 0 spiro atoms. The third kappa shape index (κ3) is 4.58. The van der Waals surface area contributed by atoms with Gasteiger partial charge in [-0.3, -0.25) is 4.79 Å². The van der Waals surface area contributed by atoms with Gasteiger partial charge < -0.3 is 30.3 Å². The maximum absolute atomic E-state index is 14.1. The van der Waals surface area contributed by atoms with E-state index in [-0.39, 0.29) is 36.7 Å². The van der Waals surface area contributed by atoms with Gasteiger partial charge in [-0.25, -0.2) is 4.79 Å². The number of urea groups is 1. The Morgan fingerprint density at radius 3 is 2.78 bits per heavy atom. The Bertz CT molecular complexity index is 1170. The first-order valence-electron chi connectivity index (χ1n) is 13.8. The predicted molar refractivity (Wildman–Crippen MR) is 142 cm³/mol. The van der Waals surface area contributed by atoms with Gasteiger partial charge in [0.2, 0.25) is 12.7 Å². The number of fused-ring (bicyclic) bond motifs is 4. The molecule has 1 aliphatic carbocycles. The Hall–Kier alpha value is -3.42. The molecule has 1 saturated carbocycles. The number of nitrogens with zero attached hydrogens (tertiary/aromatic N) is 1. The van der Waals surface area contributed by atoms with Crippen molar-refractivity contribution < 1.29 is 19.1 Å². The molecule has 0 bridgehead atoms. The molecule has 3 heterocycles. The summed E-state index contributed by atoms with van der Waals surface area (Å²) in [6.07, 6.45) is 6.86. The van der Waals surface area contributed by atoms with Gasteiger partial charge in [0, 0.05) is 42.0 Å². The monoisotopic (exact) mass is 504 g/mol. The fraction of sp³-hybridized carbons (Fsp3) is 0.517. The molecule has 0 unspecified atom stereocenters. The number of para-hydroxylation sites is 1. The van der Waals surface area contributed by atoms with Crippen LogP contribution in [0.2, 0.25) is 0 Å². The average molecular weight is 505 g/mol. The zero-order valence-corrected chi connectivity index (χ0v) is 21.4. The summed E-state index contributed by atoms with van der Waals surface area (Å²) in [7, 11) is 0. The van der Waals surface area contributed by atoms with Crippen molar-refractivity contribution in [1.82, 2.24) is 10.2 Å². The van der Waals surface area contributed by atoms with E-state index in [1.807, 2.05) is 0 Å². The molecule has 3 amide bonds. The lowest BCUT2D eigenvalue weighted by atomic mass is 9.80. The Morgan fingerprint density at radius 1 is 1.05 bits per heavy atom. The maximum atomic E-state index is 14.1. The number of ether oxygens (including phenoxy) is 2. The van der Waals surface area contributed by atoms with Gasteiger partial charge in [0.25, 0.3) is 0 Å². The van der Waals surface area contributed by atoms with Gasteiger partial charge in [0.15, 0.2) is 11.5 Å². The minimum absolute atomic E-state index is 0.103. The Kier molecular flexibility index (Phi) is 6.57. The molecule has 3 aliphatic heterocycles. The molecule has 8 heteroatoms. The van der Waals surface area contributed by atoms with Crippen molar-refractivity contribution in [3.63, 3.8) is 0 Å². The highest BCUT2D eigenvalue weighted by Gasteiger charge is 2.47. The van der Waals surface area contributed by atoms with Crippen LogP contribution in [0.15, 0.2) is 42.5 Å². The number of nitrogens with one attached hydrogen (secondary N) is 3. The standard InChI is InChI=1S/C29H36N4O4/c1-2-7-22-20-14-15-33(27(20)19-8-3-5-10-23(19)31-22)28(34)21-9-4-6-11-24(21)32-29(35)30-18-12-13-25-26(16-18)37-17-36-25/h3,5,8,10,12-13,16,20-22,24,27,31H,2,4,6-7,9,11,14-15,17H2,1H3,(H2,30,32,35)/t20-,21+,22+,24-,27+/m1/s1. The van der Waals surface area contributed by atoms with Crippen LogP contribution in [0.3, 0.4) is 0 Å². The molecule has 1 saturated heterocycles. The van der Waals surface area contributed by atoms with Gasteiger partial charge in [0.05, 0.1) is 12.0 Å². The lowest BCUT2D eigenvalue weighted by Crippen LogP contribution is -2.51. The molecule has 37 heavy (non-hydrogen) atoms. The highest BCUT2D eigenvalue weighted by Crippen LogP contribution is 2.48. The van der Waals surface area contributed by atoms with E-state index in [1.54, 1.807) is 18.2 Å². The zero-order chi connectivity index (χ0) is 25.4. The van der Waals surface area contributed by atoms with E-state index in [9.17, 15) is 9.59 Å². The third-order valence-corrected chi connectivity index (χ3v) is 8.49. The first kappa shape index (κ1) is 23.9. The van der Waals surface area contributed by atoms with E-state index in [1.165, 1.54) is 5.56 Å². The van der Waals surface area contributed by atoms with Crippen molar-refractivity contribution in [2.75, 3.05) is 24.0 Å². The zero-order valence-electron chi connectivity index (χ0n) is 21.4. The normalized spacial score (nSPS) is 27.6. The molecule has 2 fully saturated rings. The number of carbonyl (C=O) groups is 2. The van der Waals surface area contributed by atoms with Gasteiger partial charge in [0.1, 0.15) is 0 Å². The molecule has 0 aromatic heterocycles. The number of carbonyl (C=O) groups excluding carboxylic acids is 2. The predicted octanol–water partition coefficient (Wildman–Crippen LogP) is 5.28. The van der Waals surface area contributed by atoms with Crippen LogP contribution in [-0.2, 0) is 4.79 Å². The summed E-state index contributed by atoms with van der Waals surface area (Å²) in [6, 6.07) is 13.8. The highest BCUT2D eigenvalue weighted by molar-refractivity contribution is 5.90. The summed E-state index contributed by atoms with van der Waals surface area (Å²) in [4.78, 5) is 29.2. The summed E-state index contributed by atoms with van der Waals surface area (Å²) in [5.41, 5.74) is 3.02. The lowest BCUT2D eigenvalue weighted by molar-refractivity contribution is -0.138. The second-order valence-corrected chi connectivity index (χ2v) is 10.7. The van der Waals surface area contributed by atoms with Crippen LogP contribution in [0.5, 0.6) is 11.5 Å². The fourth-order valence-corrected chi connectivity index (χ4v) is 6.80. The first-order valence-corrected chi connectivity index (χ1v) is 13.8. The molecule has 2 aromatic carbocycles. The summed E-state index contributed by atoms with van der Waals surface area (Å²) in [6.45, 7) is 3.19. The number of benzene rings is 2. The SMILES string of the molecule is CCC[C@@H]1Nc2ccccc2[C@H]2[C@@H]1CCN2C(=O)[C@H]1CCCC[C@H]1NC(=O)Nc1ccc2c(c1)OCO2. The van der Waals surface area contributed by atoms with Crippen molar-refractivity contribution in [2.24, 2.45) is 11.8 Å². The number of amides is 3. The van der Waals surface area contributed by atoms with Gasteiger partial charge >= 0.3 is 6.03 Å².